The summed E-state index contributed by atoms with van der Waals surface area (Å²) in [7, 11) is 0. The summed E-state index contributed by atoms with van der Waals surface area (Å²) in [6.45, 7) is 2.33. The predicted molar refractivity (Wildman–Crippen MR) is 157 cm³/mol. The van der Waals surface area contributed by atoms with Crippen LogP contribution in [0.3, 0.4) is 0 Å². The average molecular weight is 583 g/mol. The van der Waals surface area contributed by atoms with Gasteiger partial charge < -0.3 is 4.90 Å². The zero-order valence-corrected chi connectivity index (χ0v) is 23.6. The molecule has 0 bridgehead atoms. The number of amides is 2. The lowest BCUT2D eigenvalue weighted by Gasteiger charge is -2.34. The third-order valence-electron chi connectivity index (χ3n) is 8.77. The topological polar surface area (TPSA) is 53.0 Å². The molecule has 2 saturated carbocycles. The van der Waals surface area contributed by atoms with E-state index in [1.54, 1.807) is 0 Å². The Labute approximate surface area is 238 Å². The SMILES string of the molecule is O=C(C1CC1)N1CCC(CN2C(=O)C3(CC3)N=C2c2ccc(-c3ccc(-c4ccc(Br)cc4)cc3)cc2)CC1. The fourth-order valence-corrected chi connectivity index (χ4v) is 6.25. The summed E-state index contributed by atoms with van der Waals surface area (Å²) in [6.07, 6.45) is 5.72. The van der Waals surface area contributed by atoms with E-state index in [1.807, 2.05) is 9.80 Å². The first-order chi connectivity index (χ1) is 19.0. The van der Waals surface area contributed by atoms with Crippen LogP contribution in [0.25, 0.3) is 22.3 Å². The molecule has 0 N–H and O–H groups in total. The van der Waals surface area contributed by atoms with Gasteiger partial charge in [0.25, 0.3) is 5.91 Å². The molecule has 2 heterocycles. The highest BCUT2D eigenvalue weighted by Gasteiger charge is 2.57. The maximum atomic E-state index is 13.4. The van der Waals surface area contributed by atoms with Crippen molar-refractivity contribution in [3.63, 3.8) is 0 Å². The van der Waals surface area contributed by atoms with E-state index in [-0.39, 0.29) is 11.8 Å². The standard InChI is InChI=1S/C33H32BrN3O2/c34-29-13-11-26(12-14-29)24-3-1-23(2-4-24)25-5-7-27(8-6-25)30-35-33(17-18-33)32(39)37(30)21-22-15-19-36(20-16-22)31(38)28-9-10-28/h1-8,11-14,22,28H,9-10,15-21H2. The minimum atomic E-state index is -0.514. The first-order valence-corrected chi connectivity index (χ1v) is 15.0. The van der Waals surface area contributed by atoms with Gasteiger partial charge in [-0.25, -0.2) is 0 Å². The highest BCUT2D eigenvalue weighted by Crippen LogP contribution is 2.46. The molecule has 3 aromatic carbocycles. The summed E-state index contributed by atoms with van der Waals surface area (Å²) < 4.78 is 1.08. The van der Waals surface area contributed by atoms with Crippen LogP contribution in [-0.2, 0) is 9.59 Å². The zero-order chi connectivity index (χ0) is 26.6. The first-order valence-electron chi connectivity index (χ1n) is 14.2. The number of likely N-dealkylation sites (tertiary alicyclic amines) is 1. The van der Waals surface area contributed by atoms with Crippen molar-refractivity contribution in [3.8, 4) is 22.3 Å². The first kappa shape index (κ1) is 24.8. The molecule has 2 aliphatic heterocycles. The van der Waals surface area contributed by atoms with Gasteiger partial charge in [0.15, 0.2) is 0 Å². The number of hydrogen-bond acceptors (Lipinski definition) is 3. The fraction of sp³-hybridized carbons (Fsp3) is 0.364. The monoisotopic (exact) mass is 581 g/mol. The zero-order valence-electron chi connectivity index (χ0n) is 22.0. The summed E-state index contributed by atoms with van der Waals surface area (Å²) in [4.78, 5) is 34.9. The molecule has 1 spiro atoms. The van der Waals surface area contributed by atoms with Crippen molar-refractivity contribution >= 4 is 33.6 Å². The maximum absolute atomic E-state index is 13.4. The number of aliphatic imine (C=N–C) groups is 1. The van der Waals surface area contributed by atoms with Crippen molar-refractivity contribution in [1.29, 1.82) is 0 Å². The number of benzene rings is 3. The van der Waals surface area contributed by atoms with Crippen LogP contribution in [-0.4, -0.2) is 52.6 Å². The number of carbonyl (C=O) groups is 2. The van der Waals surface area contributed by atoms with Crippen molar-refractivity contribution < 1.29 is 9.59 Å². The van der Waals surface area contributed by atoms with Gasteiger partial charge in [0.05, 0.1) is 0 Å². The van der Waals surface area contributed by atoms with E-state index < -0.39 is 5.54 Å². The van der Waals surface area contributed by atoms with E-state index in [4.69, 9.17) is 4.99 Å². The molecule has 0 radical (unpaired) electrons. The van der Waals surface area contributed by atoms with Crippen LogP contribution in [0.4, 0.5) is 0 Å². The molecule has 3 fully saturated rings. The Morgan fingerprint density at radius 1 is 0.769 bits per heavy atom. The second kappa shape index (κ2) is 9.74. The molecule has 4 aliphatic rings. The number of hydrogen-bond donors (Lipinski definition) is 0. The van der Waals surface area contributed by atoms with Gasteiger partial charge in [0, 0.05) is 35.6 Å². The van der Waals surface area contributed by atoms with E-state index in [0.29, 0.717) is 18.4 Å². The second-order valence-electron chi connectivity index (χ2n) is 11.6. The molecule has 39 heavy (non-hydrogen) atoms. The van der Waals surface area contributed by atoms with Crippen LogP contribution >= 0.6 is 15.9 Å². The van der Waals surface area contributed by atoms with Gasteiger partial charge in [-0.2, -0.15) is 0 Å². The lowest BCUT2D eigenvalue weighted by Crippen LogP contribution is -2.45. The van der Waals surface area contributed by atoms with Crippen molar-refractivity contribution in [2.75, 3.05) is 19.6 Å². The Morgan fingerprint density at radius 3 is 1.74 bits per heavy atom. The molecule has 0 atom stereocenters. The Hall–Kier alpha value is -3.25. The average Bonchev–Trinajstić information content (AvgIpc) is 3.91. The number of rotatable bonds is 6. The highest BCUT2D eigenvalue weighted by molar-refractivity contribution is 9.10. The molecule has 2 aliphatic carbocycles. The van der Waals surface area contributed by atoms with E-state index in [9.17, 15) is 9.59 Å². The van der Waals surface area contributed by atoms with Gasteiger partial charge in [0.2, 0.25) is 5.91 Å². The van der Waals surface area contributed by atoms with Crippen LogP contribution in [0.2, 0.25) is 0 Å². The van der Waals surface area contributed by atoms with Crippen molar-refractivity contribution in [1.82, 2.24) is 9.80 Å². The minimum absolute atomic E-state index is 0.168. The van der Waals surface area contributed by atoms with E-state index >= 15 is 0 Å². The number of nitrogens with zero attached hydrogens (tertiary/aromatic N) is 3. The minimum Gasteiger partial charge on any atom is -0.342 e. The summed E-state index contributed by atoms with van der Waals surface area (Å²) >= 11 is 3.50. The molecular weight excluding hydrogens is 550 g/mol. The number of halogens is 1. The Bertz CT molecular complexity index is 1430. The van der Waals surface area contributed by atoms with Gasteiger partial charge in [0.1, 0.15) is 11.4 Å². The van der Waals surface area contributed by atoms with Crippen LogP contribution in [0.1, 0.15) is 44.1 Å². The highest BCUT2D eigenvalue weighted by atomic mass is 79.9. The largest absolute Gasteiger partial charge is 0.342 e. The van der Waals surface area contributed by atoms with Gasteiger partial charge in [-0.3, -0.25) is 19.5 Å². The predicted octanol–water partition coefficient (Wildman–Crippen LogP) is 6.55. The Balaban J connectivity index is 1.05. The van der Waals surface area contributed by atoms with Crippen molar-refractivity contribution in [3.05, 3.63) is 82.8 Å². The van der Waals surface area contributed by atoms with Gasteiger partial charge in [-0.05, 0) is 78.8 Å². The molecule has 0 unspecified atom stereocenters. The third-order valence-corrected chi connectivity index (χ3v) is 9.30. The van der Waals surface area contributed by atoms with Crippen LogP contribution in [0.5, 0.6) is 0 Å². The normalized spacial score (nSPS) is 20.4. The van der Waals surface area contributed by atoms with Crippen LogP contribution < -0.4 is 0 Å². The molecule has 3 aromatic rings. The van der Waals surface area contributed by atoms with Crippen LogP contribution in [0, 0.1) is 11.8 Å². The second-order valence-corrected chi connectivity index (χ2v) is 12.5. The summed E-state index contributed by atoms with van der Waals surface area (Å²) in [5.41, 5.74) is 5.18. The number of piperidine rings is 1. The summed E-state index contributed by atoms with van der Waals surface area (Å²) in [6, 6.07) is 25.5. The maximum Gasteiger partial charge on any atom is 0.256 e. The summed E-state index contributed by atoms with van der Waals surface area (Å²) in [5, 5.41) is 0. The quantitative estimate of drug-likeness (QED) is 0.331. The molecule has 0 aromatic heterocycles. The number of carbonyl (C=O) groups excluding carboxylic acids is 2. The van der Waals surface area contributed by atoms with E-state index in [0.717, 1.165) is 78.6 Å². The lowest BCUT2D eigenvalue weighted by molar-refractivity contribution is -0.134. The van der Waals surface area contributed by atoms with Crippen LogP contribution in [0.15, 0.2) is 82.3 Å². The third kappa shape index (κ3) is 4.84. The Morgan fingerprint density at radius 2 is 1.26 bits per heavy atom. The van der Waals surface area contributed by atoms with E-state index in [2.05, 4.69) is 88.7 Å². The molecule has 1 saturated heterocycles. The molecule has 198 valence electrons. The molecule has 2 amide bonds. The number of amidine groups is 1. The molecule has 7 rings (SSSR count). The summed E-state index contributed by atoms with van der Waals surface area (Å²) in [5.74, 6) is 2.02. The van der Waals surface area contributed by atoms with Gasteiger partial charge in [-0.15, -0.1) is 0 Å². The van der Waals surface area contributed by atoms with Crippen molar-refractivity contribution in [2.45, 2.75) is 44.1 Å². The molecule has 6 heteroatoms. The smallest absolute Gasteiger partial charge is 0.256 e. The fourth-order valence-electron chi connectivity index (χ4n) is 5.98. The molecule has 5 nitrogen and oxygen atoms in total. The molecular formula is C33H32BrN3O2. The van der Waals surface area contributed by atoms with Crippen molar-refractivity contribution in [2.24, 2.45) is 16.8 Å². The van der Waals surface area contributed by atoms with E-state index in [1.165, 1.54) is 11.1 Å². The van der Waals surface area contributed by atoms with Gasteiger partial charge in [-0.1, -0.05) is 76.6 Å². The Kier molecular flexibility index (Phi) is 6.19. The van der Waals surface area contributed by atoms with Gasteiger partial charge >= 0.3 is 0 Å². The lowest BCUT2D eigenvalue weighted by atomic mass is 9.95.